The standard InChI is InChI=1S/2C16H33O2.Cu.Li/c2*1-3-5-7-8-9-10-11-13-15-18-16-17-14-12-6-4-2;;/h2*4H,3,5-16H2,1-2H3;;/q2*-1;+2;. The van der Waals surface area contributed by atoms with Crippen LogP contribution in [0.1, 0.15) is 156 Å². The van der Waals surface area contributed by atoms with Gasteiger partial charge < -0.3 is 31.8 Å². The molecule has 0 aromatic rings. The summed E-state index contributed by atoms with van der Waals surface area (Å²) in [5, 5.41) is 0. The van der Waals surface area contributed by atoms with Crippen LogP contribution in [-0.2, 0) is 36.0 Å². The van der Waals surface area contributed by atoms with Crippen LogP contribution in [0.4, 0.5) is 0 Å². The van der Waals surface area contributed by atoms with Crippen molar-refractivity contribution in [1.82, 2.24) is 0 Å². The Hall–Kier alpha value is 0.957. The molecule has 0 unspecified atom stereocenters. The molecule has 0 aliphatic carbocycles. The van der Waals surface area contributed by atoms with Crippen molar-refractivity contribution in [3.05, 3.63) is 12.8 Å². The Labute approximate surface area is 262 Å². The molecule has 230 valence electrons. The number of hydrogen-bond acceptors (Lipinski definition) is 4. The number of ether oxygens (including phenoxy) is 4. The number of unbranched alkanes of at least 4 members (excludes halogenated alkanes) is 18. The molecule has 0 aliphatic rings. The summed E-state index contributed by atoms with van der Waals surface area (Å²) in [6, 6.07) is 0. The molecule has 0 aromatic heterocycles. The van der Waals surface area contributed by atoms with Gasteiger partial charge in [-0.2, -0.15) is 26.7 Å². The minimum Gasteiger partial charge on any atom is -0.356 e. The molecule has 0 N–H and O–H groups in total. The van der Waals surface area contributed by atoms with Crippen molar-refractivity contribution in [2.45, 2.75) is 156 Å². The smallest absolute Gasteiger partial charge is 0.356 e. The van der Waals surface area contributed by atoms with Crippen LogP contribution >= 0.6 is 0 Å². The van der Waals surface area contributed by atoms with Crippen molar-refractivity contribution in [3.63, 3.8) is 0 Å². The summed E-state index contributed by atoms with van der Waals surface area (Å²) < 4.78 is 21.6. The molecule has 0 aliphatic heterocycles. The Morgan fingerprint density at radius 1 is 0.395 bits per heavy atom. The molecule has 0 aromatic carbocycles. The zero-order chi connectivity index (χ0) is 26.6. The maximum Gasteiger partial charge on any atom is 2.00 e. The minimum atomic E-state index is 0. The Morgan fingerprint density at radius 3 is 0.947 bits per heavy atom. The maximum absolute atomic E-state index is 5.43. The third-order valence-electron chi connectivity index (χ3n) is 6.18. The van der Waals surface area contributed by atoms with Gasteiger partial charge in [0.15, 0.2) is 0 Å². The van der Waals surface area contributed by atoms with Crippen LogP contribution in [0.15, 0.2) is 0 Å². The minimum absolute atomic E-state index is 0. The second kappa shape index (κ2) is 47.7. The van der Waals surface area contributed by atoms with Gasteiger partial charge in [-0.15, -0.1) is 0 Å². The molecule has 38 heavy (non-hydrogen) atoms. The molecule has 0 spiro atoms. The maximum atomic E-state index is 5.43. The summed E-state index contributed by atoms with van der Waals surface area (Å²) in [6.45, 7) is 13.0. The van der Waals surface area contributed by atoms with Gasteiger partial charge in [0, 0.05) is 45.3 Å². The molecule has 0 rings (SSSR count). The average molecular weight is 585 g/mol. The van der Waals surface area contributed by atoms with Crippen LogP contribution < -0.4 is 0 Å². The van der Waals surface area contributed by atoms with E-state index >= 15 is 0 Å². The van der Waals surface area contributed by atoms with E-state index in [4.69, 9.17) is 18.9 Å². The van der Waals surface area contributed by atoms with E-state index in [0.29, 0.717) is 13.6 Å². The van der Waals surface area contributed by atoms with Gasteiger partial charge in [-0.25, -0.2) is 0 Å². The fraction of sp³-hybridized carbons (Fsp3) is 0.938. The SMILES string of the molecule is C[CH-]CCCOCOCCCCCCCCCC.C[CH-]CCCOCOCCCCCCCCCC.[Cu+2].[Li]. The third-order valence-corrected chi connectivity index (χ3v) is 6.18. The number of hydrogen-bond donors (Lipinski definition) is 0. The monoisotopic (exact) mass is 584 g/mol. The van der Waals surface area contributed by atoms with E-state index in [2.05, 4.69) is 40.5 Å². The first-order valence-electron chi connectivity index (χ1n) is 15.7. The molecule has 0 saturated heterocycles. The summed E-state index contributed by atoms with van der Waals surface area (Å²) in [5.41, 5.74) is 0. The van der Waals surface area contributed by atoms with Crippen molar-refractivity contribution in [2.24, 2.45) is 0 Å². The first-order chi connectivity index (χ1) is 17.8. The van der Waals surface area contributed by atoms with Crippen molar-refractivity contribution in [1.29, 1.82) is 0 Å². The quantitative estimate of drug-likeness (QED) is 0.0364. The molecule has 0 atom stereocenters. The van der Waals surface area contributed by atoms with E-state index in [1.807, 2.05) is 0 Å². The first kappa shape index (κ1) is 45.9. The van der Waals surface area contributed by atoms with E-state index < -0.39 is 0 Å². The zero-order valence-corrected chi connectivity index (χ0v) is 27.4. The van der Waals surface area contributed by atoms with Crippen LogP contribution in [-0.4, -0.2) is 58.9 Å². The fourth-order valence-corrected chi connectivity index (χ4v) is 3.81. The number of rotatable bonds is 30. The van der Waals surface area contributed by atoms with Gasteiger partial charge in [0.1, 0.15) is 13.6 Å². The molecular weight excluding hydrogens is 519 g/mol. The topological polar surface area (TPSA) is 36.9 Å². The molecule has 2 radical (unpaired) electrons. The van der Waals surface area contributed by atoms with Crippen molar-refractivity contribution in [2.75, 3.05) is 40.0 Å². The summed E-state index contributed by atoms with van der Waals surface area (Å²) >= 11 is 0. The Balaban J connectivity index is -0.000000289. The molecule has 0 fully saturated rings. The van der Waals surface area contributed by atoms with Crippen molar-refractivity contribution in [3.8, 4) is 0 Å². The second-order valence-electron chi connectivity index (χ2n) is 9.92. The molecule has 4 nitrogen and oxygen atoms in total. The molecular formula is C32H66CuLiO4. The van der Waals surface area contributed by atoms with Crippen LogP contribution in [0.5, 0.6) is 0 Å². The molecule has 0 saturated carbocycles. The normalized spacial score (nSPS) is 10.4. The van der Waals surface area contributed by atoms with Crippen molar-refractivity contribution >= 4 is 18.9 Å². The summed E-state index contributed by atoms with van der Waals surface area (Å²) in [5.74, 6) is 0. The second-order valence-corrected chi connectivity index (χ2v) is 9.92. The van der Waals surface area contributed by atoms with E-state index in [9.17, 15) is 0 Å². The van der Waals surface area contributed by atoms with Crippen LogP contribution in [0.25, 0.3) is 0 Å². The molecule has 6 heteroatoms. The van der Waals surface area contributed by atoms with Crippen LogP contribution in [0.3, 0.4) is 0 Å². The Kier molecular flexibility index (Phi) is 57.7. The van der Waals surface area contributed by atoms with Gasteiger partial charge in [0.05, 0.1) is 0 Å². The predicted molar refractivity (Wildman–Crippen MR) is 163 cm³/mol. The van der Waals surface area contributed by atoms with Gasteiger partial charge in [0.25, 0.3) is 0 Å². The average Bonchev–Trinajstić information content (AvgIpc) is 2.89. The van der Waals surface area contributed by atoms with Gasteiger partial charge in [0.2, 0.25) is 0 Å². The molecule has 0 bridgehead atoms. The van der Waals surface area contributed by atoms with E-state index in [-0.39, 0.29) is 35.9 Å². The predicted octanol–water partition coefficient (Wildman–Crippen LogP) is 9.86. The summed E-state index contributed by atoms with van der Waals surface area (Å²) in [6.07, 6.45) is 30.4. The Morgan fingerprint density at radius 2 is 0.658 bits per heavy atom. The largest absolute Gasteiger partial charge is 2.00 e. The zero-order valence-electron chi connectivity index (χ0n) is 26.5. The van der Waals surface area contributed by atoms with E-state index in [1.165, 1.54) is 103 Å². The third kappa shape index (κ3) is 49.9. The van der Waals surface area contributed by atoms with Gasteiger partial charge in [-0.3, -0.25) is 0 Å². The van der Waals surface area contributed by atoms with E-state index in [0.717, 1.165) is 52.1 Å². The van der Waals surface area contributed by atoms with E-state index in [1.54, 1.807) is 0 Å². The van der Waals surface area contributed by atoms with Crippen LogP contribution in [0, 0.1) is 12.8 Å². The first-order valence-corrected chi connectivity index (χ1v) is 15.7. The van der Waals surface area contributed by atoms with Gasteiger partial charge in [-0.1, -0.05) is 117 Å². The van der Waals surface area contributed by atoms with Crippen molar-refractivity contribution < 1.29 is 36.0 Å². The van der Waals surface area contributed by atoms with Gasteiger partial charge >= 0.3 is 17.1 Å². The Bertz CT molecular complexity index is 287. The molecule has 0 amide bonds. The summed E-state index contributed by atoms with van der Waals surface area (Å²) in [4.78, 5) is 0. The molecule has 0 heterocycles. The van der Waals surface area contributed by atoms with Crippen LogP contribution in [0.2, 0.25) is 0 Å². The fourth-order valence-electron chi connectivity index (χ4n) is 3.81. The van der Waals surface area contributed by atoms with Gasteiger partial charge in [-0.05, 0) is 12.8 Å². The summed E-state index contributed by atoms with van der Waals surface area (Å²) in [7, 11) is 0.